The number of aryl methyl sites for hydroxylation is 1. The highest BCUT2D eigenvalue weighted by molar-refractivity contribution is 5.63. The molecule has 0 spiro atoms. The number of rotatable bonds is 16. The third kappa shape index (κ3) is 9.61. The van der Waals surface area contributed by atoms with Gasteiger partial charge in [0.15, 0.2) is 0 Å². The van der Waals surface area contributed by atoms with Gasteiger partial charge in [0.2, 0.25) is 0 Å². The summed E-state index contributed by atoms with van der Waals surface area (Å²) in [5.41, 5.74) is 3.93. The molecule has 3 heteroatoms. The molecule has 0 saturated carbocycles. The molecule has 3 nitrogen and oxygen atoms in total. The van der Waals surface area contributed by atoms with Crippen LogP contribution in [0.2, 0.25) is 0 Å². The molecule has 0 aromatic heterocycles. The molecule has 0 aliphatic rings. The Balaban J connectivity index is 2.96. The molecule has 0 saturated heterocycles. The molecular formula is C25H42O3. The third-order valence-corrected chi connectivity index (χ3v) is 5.54. The highest BCUT2D eigenvalue weighted by atomic mass is 16.7. The first kappa shape index (κ1) is 24.5. The van der Waals surface area contributed by atoms with Crippen LogP contribution in [0.1, 0.15) is 115 Å². The van der Waals surface area contributed by atoms with Crippen LogP contribution in [0.3, 0.4) is 0 Å². The minimum Gasteiger partial charge on any atom is -0.449 e. The molecule has 1 aromatic carbocycles. The number of ether oxygens (including phenoxy) is 1. The zero-order valence-electron chi connectivity index (χ0n) is 18.5. The average Bonchev–Trinajstić information content (AvgIpc) is 2.67. The zero-order valence-corrected chi connectivity index (χ0v) is 18.5. The highest BCUT2D eigenvalue weighted by Crippen LogP contribution is 2.31. The van der Waals surface area contributed by atoms with Crippen LogP contribution in [-0.2, 0) is 19.3 Å². The van der Waals surface area contributed by atoms with E-state index in [0.29, 0.717) is 5.75 Å². The molecule has 0 atom stereocenters. The normalized spacial score (nSPS) is 11.0. The summed E-state index contributed by atoms with van der Waals surface area (Å²) in [5.74, 6) is 0.557. The third-order valence-electron chi connectivity index (χ3n) is 5.54. The van der Waals surface area contributed by atoms with Gasteiger partial charge in [-0.25, -0.2) is 4.79 Å². The molecule has 0 radical (unpaired) electrons. The van der Waals surface area contributed by atoms with Gasteiger partial charge in [-0.05, 0) is 61.3 Å². The van der Waals surface area contributed by atoms with Crippen molar-refractivity contribution in [3.63, 3.8) is 0 Å². The molecule has 28 heavy (non-hydrogen) atoms. The summed E-state index contributed by atoms with van der Waals surface area (Å²) in [6.45, 7) is 6.68. The number of carboxylic acid groups (broad SMARTS) is 1. The summed E-state index contributed by atoms with van der Waals surface area (Å²) in [6, 6.07) is 4.01. The van der Waals surface area contributed by atoms with Crippen LogP contribution in [0.4, 0.5) is 4.79 Å². The van der Waals surface area contributed by atoms with Crippen LogP contribution in [0.25, 0.3) is 0 Å². The Morgan fingerprint density at radius 1 is 0.714 bits per heavy atom. The predicted octanol–water partition coefficient (Wildman–Crippen LogP) is 8.11. The summed E-state index contributed by atoms with van der Waals surface area (Å²) in [7, 11) is 0. The van der Waals surface area contributed by atoms with Gasteiger partial charge < -0.3 is 9.84 Å². The van der Waals surface area contributed by atoms with Gasteiger partial charge in [0.1, 0.15) is 5.75 Å². The Morgan fingerprint density at radius 3 is 1.82 bits per heavy atom. The minimum absolute atomic E-state index is 0.557. The lowest BCUT2D eigenvalue weighted by molar-refractivity contribution is 0.144. The number of benzene rings is 1. The smallest absolute Gasteiger partial charge is 0.449 e. The minimum atomic E-state index is -1.21. The van der Waals surface area contributed by atoms with Crippen molar-refractivity contribution in [2.45, 2.75) is 117 Å². The number of carbonyl (C=O) groups is 1. The van der Waals surface area contributed by atoms with E-state index in [1.807, 2.05) is 6.07 Å². The van der Waals surface area contributed by atoms with Gasteiger partial charge in [0, 0.05) is 0 Å². The van der Waals surface area contributed by atoms with Gasteiger partial charge in [-0.3, -0.25) is 0 Å². The summed E-state index contributed by atoms with van der Waals surface area (Å²) in [4.78, 5) is 11.2. The van der Waals surface area contributed by atoms with E-state index in [1.165, 1.54) is 68.9 Å². The Morgan fingerprint density at radius 2 is 1.21 bits per heavy atom. The van der Waals surface area contributed by atoms with E-state index in [9.17, 15) is 4.79 Å². The van der Waals surface area contributed by atoms with E-state index >= 15 is 0 Å². The van der Waals surface area contributed by atoms with Crippen LogP contribution in [-0.4, -0.2) is 11.3 Å². The van der Waals surface area contributed by atoms with Crippen molar-refractivity contribution in [1.82, 2.24) is 0 Å². The maximum Gasteiger partial charge on any atom is 0.511 e. The lowest BCUT2D eigenvalue weighted by Gasteiger charge is -2.18. The van der Waals surface area contributed by atoms with Crippen LogP contribution >= 0.6 is 0 Å². The zero-order chi connectivity index (χ0) is 20.6. The van der Waals surface area contributed by atoms with Crippen molar-refractivity contribution in [2.75, 3.05) is 0 Å². The molecule has 160 valence electrons. The lowest BCUT2D eigenvalue weighted by Crippen LogP contribution is -2.09. The first-order chi connectivity index (χ1) is 13.6. The van der Waals surface area contributed by atoms with Gasteiger partial charge >= 0.3 is 6.16 Å². The lowest BCUT2D eigenvalue weighted by atomic mass is 9.89. The average molecular weight is 391 g/mol. The standard InChI is InChI=1S/C25H42O3/c1-4-7-10-11-12-15-16-21-19-20-24(28-25(26)27)23(18-14-9-6-3)22(21)17-13-8-5-2/h19-20H,4-18H2,1-3H3,(H,26,27). The van der Waals surface area contributed by atoms with E-state index in [2.05, 4.69) is 26.8 Å². The fraction of sp³-hybridized carbons (Fsp3) is 0.720. The summed E-state index contributed by atoms with van der Waals surface area (Å²) in [5, 5.41) is 9.16. The van der Waals surface area contributed by atoms with Gasteiger partial charge in [-0.2, -0.15) is 0 Å². The van der Waals surface area contributed by atoms with Gasteiger partial charge in [-0.15, -0.1) is 0 Å². The predicted molar refractivity (Wildman–Crippen MR) is 119 cm³/mol. The summed E-state index contributed by atoms with van der Waals surface area (Å²) in [6.07, 6.45) is 16.6. The monoisotopic (exact) mass is 390 g/mol. The van der Waals surface area contributed by atoms with Crippen molar-refractivity contribution in [3.8, 4) is 5.75 Å². The van der Waals surface area contributed by atoms with Crippen LogP contribution in [0, 0.1) is 0 Å². The van der Waals surface area contributed by atoms with Gasteiger partial charge in [0.25, 0.3) is 0 Å². The Labute approximate surface area is 172 Å². The second-order valence-corrected chi connectivity index (χ2v) is 7.98. The molecule has 0 amide bonds. The van der Waals surface area contributed by atoms with E-state index < -0.39 is 6.16 Å². The largest absolute Gasteiger partial charge is 0.511 e. The van der Waals surface area contributed by atoms with Crippen LogP contribution in [0.5, 0.6) is 5.75 Å². The van der Waals surface area contributed by atoms with Crippen molar-refractivity contribution < 1.29 is 14.6 Å². The van der Waals surface area contributed by atoms with Gasteiger partial charge in [0.05, 0.1) is 0 Å². The first-order valence-electron chi connectivity index (χ1n) is 11.7. The Bertz CT molecular complexity index is 551. The van der Waals surface area contributed by atoms with E-state index in [4.69, 9.17) is 9.84 Å². The fourth-order valence-electron chi connectivity index (χ4n) is 3.93. The molecule has 0 aliphatic carbocycles. The first-order valence-corrected chi connectivity index (χ1v) is 11.7. The molecule has 0 unspecified atom stereocenters. The Hall–Kier alpha value is -1.51. The summed E-state index contributed by atoms with van der Waals surface area (Å²) < 4.78 is 5.16. The maximum atomic E-state index is 11.2. The van der Waals surface area contributed by atoms with Crippen LogP contribution < -0.4 is 4.74 Å². The molecule has 1 rings (SSSR count). The Kier molecular flexibility index (Phi) is 13.5. The molecule has 1 aromatic rings. The second kappa shape index (κ2) is 15.4. The molecular weight excluding hydrogens is 348 g/mol. The van der Waals surface area contributed by atoms with Crippen molar-refractivity contribution in [3.05, 3.63) is 28.8 Å². The second-order valence-electron chi connectivity index (χ2n) is 7.98. The topological polar surface area (TPSA) is 46.5 Å². The maximum absolute atomic E-state index is 11.2. The molecule has 0 aliphatic heterocycles. The quantitative estimate of drug-likeness (QED) is 0.176. The van der Waals surface area contributed by atoms with Crippen molar-refractivity contribution >= 4 is 6.16 Å². The summed E-state index contributed by atoms with van der Waals surface area (Å²) >= 11 is 0. The van der Waals surface area contributed by atoms with E-state index in [-0.39, 0.29) is 0 Å². The number of unbranched alkanes of at least 4 members (excludes halogenated alkanes) is 9. The molecule has 1 N–H and O–H groups in total. The highest BCUT2D eigenvalue weighted by Gasteiger charge is 2.16. The van der Waals surface area contributed by atoms with Crippen molar-refractivity contribution in [1.29, 1.82) is 0 Å². The van der Waals surface area contributed by atoms with E-state index in [1.54, 1.807) is 0 Å². The molecule has 0 bridgehead atoms. The number of hydrogen-bond donors (Lipinski definition) is 1. The van der Waals surface area contributed by atoms with Gasteiger partial charge in [-0.1, -0.05) is 84.6 Å². The molecule has 0 fully saturated rings. The van der Waals surface area contributed by atoms with E-state index in [0.717, 1.165) is 44.1 Å². The fourth-order valence-corrected chi connectivity index (χ4v) is 3.93. The van der Waals surface area contributed by atoms with Crippen LogP contribution in [0.15, 0.2) is 12.1 Å². The number of hydrogen-bond acceptors (Lipinski definition) is 2. The van der Waals surface area contributed by atoms with Crippen molar-refractivity contribution in [2.24, 2.45) is 0 Å². The SMILES string of the molecule is CCCCCCCCc1ccc(OC(=O)O)c(CCCCC)c1CCCCC. The molecule has 0 heterocycles.